The summed E-state index contributed by atoms with van der Waals surface area (Å²) in [6, 6.07) is 9.45. The van der Waals surface area contributed by atoms with Crippen LogP contribution >= 0.6 is 0 Å². The Balaban J connectivity index is 2.20. The maximum Gasteiger partial charge on any atom is 0.307 e. The molecule has 1 amide bonds. The highest BCUT2D eigenvalue weighted by Crippen LogP contribution is 2.16. The second-order valence-electron chi connectivity index (χ2n) is 4.33. The molecule has 0 aliphatic heterocycles. The van der Waals surface area contributed by atoms with E-state index in [1.165, 1.54) is 18.2 Å². The van der Waals surface area contributed by atoms with Crippen molar-refractivity contribution in [2.24, 2.45) is 0 Å². The van der Waals surface area contributed by atoms with Gasteiger partial charge < -0.3 is 10.4 Å². The molecule has 4 nitrogen and oxygen atoms in total. The average Bonchev–Trinajstić information content (AvgIpc) is 2.41. The van der Waals surface area contributed by atoms with Crippen LogP contribution in [0.2, 0.25) is 0 Å². The smallest absolute Gasteiger partial charge is 0.307 e. The maximum absolute atomic E-state index is 13.5. The molecule has 0 aromatic heterocycles. The van der Waals surface area contributed by atoms with Gasteiger partial charge in [-0.3, -0.25) is 9.59 Å². The zero-order chi connectivity index (χ0) is 15.4. The van der Waals surface area contributed by atoms with Crippen molar-refractivity contribution in [1.29, 1.82) is 0 Å². The third-order valence-electron chi connectivity index (χ3n) is 2.74. The molecule has 0 saturated carbocycles. The second-order valence-corrected chi connectivity index (χ2v) is 4.33. The minimum absolute atomic E-state index is 0.196. The van der Waals surface area contributed by atoms with E-state index in [4.69, 9.17) is 5.11 Å². The molecule has 0 spiro atoms. The quantitative estimate of drug-likeness (QED) is 0.910. The van der Waals surface area contributed by atoms with Crippen LogP contribution < -0.4 is 5.32 Å². The van der Waals surface area contributed by atoms with Crippen LogP contribution in [-0.4, -0.2) is 17.0 Å². The second kappa shape index (κ2) is 6.13. The largest absolute Gasteiger partial charge is 0.481 e. The van der Waals surface area contributed by atoms with Crippen LogP contribution in [0.4, 0.5) is 14.5 Å². The Morgan fingerprint density at radius 2 is 1.81 bits per heavy atom. The van der Waals surface area contributed by atoms with Crippen LogP contribution in [0.25, 0.3) is 0 Å². The lowest BCUT2D eigenvalue weighted by atomic mass is 10.1. The molecule has 6 heteroatoms. The predicted octanol–water partition coefficient (Wildman–Crippen LogP) is 2.84. The number of nitrogens with one attached hydrogen (secondary N) is 1. The summed E-state index contributed by atoms with van der Waals surface area (Å²) in [5.74, 6) is -4.15. The molecule has 2 aromatic carbocycles. The van der Waals surface area contributed by atoms with Gasteiger partial charge in [0.25, 0.3) is 5.91 Å². The van der Waals surface area contributed by atoms with Gasteiger partial charge in [-0.25, -0.2) is 8.78 Å². The molecular weight excluding hydrogens is 280 g/mol. The van der Waals surface area contributed by atoms with Crippen molar-refractivity contribution in [3.8, 4) is 0 Å². The van der Waals surface area contributed by atoms with Crippen molar-refractivity contribution in [2.75, 3.05) is 5.32 Å². The summed E-state index contributed by atoms with van der Waals surface area (Å²) in [4.78, 5) is 22.5. The maximum atomic E-state index is 13.5. The van der Waals surface area contributed by atoms with Gasteiger partial charge in [-0.15, -0.1) is 0 Å². The lowest BCUT2D eigenvalue weighted by Crippen LogP contribution is -2.14. The van der Waals surface area contributed by atoms with Gasteiger partial charge in [0.1, 0.15) is 0 Å². The predicted molar refractivity (Wildman–Crippen MR) is 72.1 cm³/mol. The number of rotatable bonds is 4. The normalized spacial score (nSPS) is 10.2. The van der Waals surface area contributed by atoms with E-state index in [-0.39, 0.29) is 6.42 Å². The van der Waals surface area contributed by atoms with Gasteiger partial charge in [0.2, 0.25) is 0 Å². The standard InChI is InChI=1S/C15H11F2NO3/c16-12-6-2-5-11(14(12)17)15(21)18-10-4-1-3-9(7-10)8-13(19)20/h1-7H,8H2,(H,18,21)(H,19,20). The number of carboxylic acid groups (broad SMARTS) is 1. The zero-order valence-electron chi connectivity index (χ0n) is 10.8. The highest BCUT2D eigenvalue weighted by Gasteiger charge is 2.15. The molecule has 0 fully saturated rings. The topological polar surface area (TPSA) is 66.4 Å². The first kappa shape index (κ1) is 14.6. The van der Waals surface area contributed by atoms with Crippen molar-refractivity contribution in [2.45, 2.75) is 6.42 Å². The fourth-order valence-electron chi connectivity index (χ4n) is 1.81. The van der Waals surface area contributed by atoms with E-state index in [0.717, 1.165) is 12.1 Å². The lowest BCUT2D eigenvalue weighted by molar-refractivity contribution is -0.136. The van der Waals surface area contributed by atoms with E-state index in [9.17, 15) is 18.4 Å². The van der Waals surface area contributed by atoms with E-state index < -0.39 is 29.1 Å². The first-order valence-corrected chi connectivity index (χ1v) is 6.03. The molecule has 21 heavy (non-hydrogen) atoms. The third kappa shape index (κ3) is 3.62. The number of hydrogen-bond donors (Lipinski definition) is 2. The van der Waals surface area contributed by atoms with Crippen molar-refractivity contribution in [1.82, 2.24) is 0 Å². The monoisotopic (exact) mass is 291 g/mol. The molecule has 108 valence electrons. The lowest BCUT2D eigenvalue weighted by Gasteiger charge is -2.07. The van der Waals surface area contributed by atoms with Crippen LogP contribution in [0.15, 0.2) is 42.5 Å². The van der Waals surface area contributed by atoms with Crippen LogP contribution in [0, 0.1) is 11.6 Å². The number of carboxylic acids is 1. The molecule has 0 bridgehead atoms. The number of hydrogen-bond acceptors (Lipinski definition) is 2. The first-order valence-electron chi connectivity index (χ1n) is 6.03. The highest BCUT2D eigenvalue weighted by atomic mass is 19.2. The average molecular weight is 291 g/mol. The summed E-state index contributed by atoms with van der Waals surface area (Å²) in [6.45, 7) is 0. The highest BCUT2D eigenvalue weighted by molar-refractivity contribution is 6.04. The van der Waals surface area contributed by atoms with E-state index in [1.807, 2.05) is 0 Å². The van der Waals surface area contributed by atoms with Crippen LogP contribution in [-0.2, 0) is 11.2 Å². The Morgan fingerprint density at radius 3 is 2.52 bits per heavy atom. The Morgan fingerprint density at radius 1 is 1.10 bits per heavy atom. The van der Waals surface area contributed by atoms with Crippen LogP contribution in [0.1, 0.15) is 15.9 Å². The van der Waals surface area contributed by atoms with Crippen LogP contribution in [0.3, 0.4) is 0 Å². The number of halogens is 2. The van der Waals surface area contributed by atoms with Gasteiger partial charge in [-0.2, -0.15) is 0 Å². The van der Waals surface area contributed by atoms with Gasteiger partial charge in [0.05, 0.1) is 12.0 Å². The summed E-state index contributed by atoms with van der Waals surface area (Å²) in [7, 11) is 0. The summed E-state index contributed by atoms with van der Waals surface area (Å²) in [5, 5.41) is 11.1. The zero-order valence-corrected chi connectivity index (χ0v) is 10.8. The van der Waals surface area contributed by atoms with Crippen molar-refractivity contribution in [3.05, 3.63) is 65.2 Å². The van der Waals surface area contributed by atoms with Gasteiger partial charge in [0.15, 0.2) is 11.6 Å². The summed E-state index contributed by atoms with van der Waals surface area (Å²) >= 11 is 0. The Hall–Kier alpha value is -2.76. The number of anilines is 1. The van der Waals surface area contributed by atoms with Crippen molar-refractivity contribution < 1.29 is 23.5 Å². The number of carbonyl (C=O) groups is 2. The molecule has 0 saturated heterocycles. The third-order valence-corrected chi connectivity index (χ3v) is 2.74. The molecule has 2 rings (SSSR count). The minimum atomic E-state index is -1.23. The number of aliphatic carboxylic acids is 1. The number of benzene rings is 2. The molecule has 2 aromatic rings. The van der Waals surface area contributed by atoms with Gasteiger partial charge in [-0.05, 0) is 29.8 Å². The van der Waals surface area contributed by atoms with Gasteiger partial charge >= 0.3 is 5.97 Å². The van der Waals surface area contributed by atoms with Gasteiger partial charge in [-0.1, -0.05) is 18.2 Å². The van der Waals surface area contributed by atoms with E-state index in [2.05, 4.69) is 5.32 Å². The first-order chi connectivity index (χ1) is 9.97. The van der Waals surface area contributed by atoms with Crippen LogP contribution in [0.5, 0.6) is 0 Å². The molecule has 0 radical (unpaired) electrons. The summed E-state index contributed by atoms with van der Waals surface area (Å²) in [6.07, 6.45) is -0.196. The SMILES string of the molecule is O=C(O)Cc1cccc(NC(=O)c2cccc(F)c2F)c1. The minimum Gasteiger partial charge on any atom is -0.481 e. The number of amides is 1. The summed E-state index contributed by atoms with van der Waals surface area (Å²) in [5.41, 5.74) is 0.376. The number of carbonyl (C=O) groups excluding carboxylic acids is 1. The molecule has 0 atom stereocenters. The Bertz CT molecular complexity index is 701. The molecule has 0 aliphatic rings. The van der Waals surface area contributed by atoms with E-state index in [1.54, 1.807) is 12.1 Å². The van der Waals surface area contributed by atoms with Gasteiger partial charge in [0, 0.05) is 5.69 Å². The summed E-state index contributed by atoms with van der Waals surface area (Å²) < 4.78 is 26.6. The Kier molecular flexibility index (Phi) is 4.27. The fourth-order valence-corrected chi connectivity index (χ4v) is 1.81. The van der Waals surface area contributed by atoms with Crippen molar-refractivity contribution in [3.63, 3.8) is 0 Å². The fraction of sp³-hybridized carbons (Fsp3) is 0.0667. The van der Waals surface area contributed by atoms with E-state index >= 15 is 0 Å². The molecular formula is C15H11F2NO3. The molecule has 0 unspecified atom stereocenters. The molecule has 2 N–H and O–H groups in total. The van der Waals surface area contributed by atoms with E-state index in [0.29, 0.717) is 11.3 Å². The molecule has 0 heterocycles. The Labute approximate surface area is 119 Å². The molecule has 0 aliphatic carbocycles. The van der Waals surface area contributed by atoms with Crippen molar-refractivity contribution >= 4 is 17.6 Å².